The maximum absolute atomic E-state index is 13.6. The highest BCUT2D eigenvalue weighted by atomic mass is 35.5. The van der Waals surface area contributed by atoms with E-state index in [0.717, 1.165) is 10.5 Å². The number of benzene rings is 3. The van der Waals surface area contributed by atoms with Gasteiger partial charge in [-0.25, -0.2) is 4.79 Å². The molecular formula is C25H22ClN3O3. The molecule has 32 heavy (non-hydrogen) atoms. The van der Waals surface area contributed by atoms with E-state index in [1.807, 2.05) is 55.5 Å². The molecule has 2 N–H and O–H groups in total. The molecule has 4 amide bonds. The molecule has 0 bridgehead atoms. The Labute approximate surface area is 191 Å². The van der Waals surface area contributed by atoms with Crippen molar-refractivity contribution in [1.29, 1.82) is 0 Å². The third-order valence-corrected chi connectivity index (χ3v) is 5.82. The van der Waals surface area contributed by atoms with Crippen LogP contribution in [0.3, 0.4) is 0 Å². The first kappa shape index (κ1) is 21.6. The number of halogens is 1. The molecule has 6 nitrogen and oxygen atoms in total. The lowest BCUT2D eigenvalue weighted by molar-refractivity contribution is -0.134. The Hall–Kier alpha value is -3.64. The van der Waals surface area contributed by atoms with Crippen molar-refractivity contribution < 1.29 is 14.4 Å². The molecule has 3 aromatic rings. The summed E-state index contributed by atoms with van der Waals surface area (Å²) in [7, 11) is 0. The van der Waals surface area contributed by atoms with Crippen molar-refractivity contribution in [2.24, 2.45) is 0 Å². The second-order valence-corrected chi connectivity index (χ2v) is 8.08. The number of hydrogen-bond donors (Lipinski definition) is 2. The lowest BCUT2D eigenvalue weighted by Crippen LogP contribution is -2.46. The first-order chi connectivity index (χ1) is 15.4. The molecule has 3 aromatic carbocycles. The minimum atomic E-state index is -1.39. The van der Waals surface area contributed by atoms with Crippen LogP contribution in [0.5, 0.6) is 0 Å². The van der Waals surface area contributed by atoms with Crippen molar-refractivity contribution in [1.82, 2.24) is 15.5 Å². The Morgan fingerprint density at radius 2 is 1.47 bits per heavy atom. The predicted octanol–water partition coefficient (Wildman–Crippen LogP) is 4.01. The van der Waals surface area contributed by atoms with E-state index in [-0.39, 0.29) is 12.6 Å². The number of urea groups is 1. The smallest absolute Gasteiger partial charge is 0.326 e. The van der Waals surface area contributed by atoms with Crippen molar-refractivity contribution in [3.8, 4) is 0 Å². The maximum Gasteiger partial charge on any atom is 0.326 e. The molecule has 1 saturated heterocycles. The average Bonchev–Trinajstić information content (AvgIpc) is 3.06. The molecule has 1 aliphatic rings. The van der Waals surface area contributed by atoms with Crippen molar-refractivity contribution in [3.63, 3.8) is 0 Å². The van der Waals surface area contributed by atoms with Crippen LogP contribution in [0, 0.1) is 0 Å². The summed E-state index contributed by atoms with van der Waals surface area (Å²) in [5.74, 6) is -0.929. The second-order valence-electron chi connectivity index (χ2n) is 7.64. The molecule has 0 unspecified atom stereocenters. The number of carbonyl (C=O) groups is 3. The maximum atomic E-state index is 13.6. The topological polar surface area (TPSA) is 78.5 Å². The van der Waals surface area contributed by atoms with Crippen LogP contribution >= 0.6 is 11.6 Å². The van der Waals surface area contributed by atoms with Crippen LogP contribution in [0.4, 0.5) is 4.79 Å². The minimum Gasteiger partial charge on any atom is -0.348 e. The van der Waals surface area contributed by atoms with E-state index in [9.17, 15) is 14.4 Å². The molecule has 4 rings (SSSR count). The lowest BCUT2D eigenvalue weighted by atomic mass is 9.82. The van der Waals surface area contributed by atoms with E-state index in [4.69, 9.17) is 11.6 Å². The number of imide groups is 1. The van der Waals surface area contributed by atoms with Crippen LogP contribution in [0.2, 0.25) is 5.02 Å². The van der Waals surface area contributed by atoms with Crippen LogP contribution < -0.4 is 10.6 Å². The number of rotatable bonds is 6. The number of nitrogens with one attached hydrogen (secondary N) is 2. The Kier molecular flexibility index (Phi) is 5.97. The molecule has 0 spiro atoms. The van der Waals surface area contributed by atoms with Gasteiger partial charge in [-0.05, 0) is 35.7 Å². The summed E-state index contributed by atoms with van der Waals surface area (Å²) in [6, 6.07) is 24.3. The van der Waals surface area contributed by atoms with Gasteiger partial charge in [-0.2, -0.15) is 0 Å². The summed E-state index contributed by atoms with van der Waals surface area (Å²) in [5.41, 5.74) is 0.730. The normalized spacial score (nSPS) is 15.9. The molecule has 1 heterocycles. The van der Waals surface area contributed by atoms with E-state index in [2.05, 4.69) is 10.6 Å². The third-order valence-electron chi connectivity index (χ3n) is 5.57. The molecule has 1 fully saturated rings. The zero-order valence-corrected chi connectivity index (χ0v) is 18.2. The molecule has 0 aliphatic carbocycles. The monoisotopic (exact) mass is 447 g/mol. The minimum absolute atomic E-state index is 0.312. The predicted molar refractivity (Wildman–Crippen MR) is 122 cm³/mol. The highest BCUT2D eigenvalue weighted by molar-refractivity contribution is 6.30. The Balaban J connectivity index is 1.58. The van der Waals surface area contributed by atoms with Crippen LogP contribution in [-0.2, 0) is 15.1 Å². The van der Waals surface area contributed by atoms with E-state index in [1.54, 1.807) is 36.4 Å². The van der Waals surface area contributed by atoms with E-state index < -0.39 is 23.4 Å². The summed E-state index contributed by atoms with van der Waals surface area (Å²) in [6.45, 7) is 1.44. The fraction of sp³-hybridized carbons (Fsp3) is 0.160. The molecule has 0 radical (unpaired) electrons. The van der Waals surface area contributed by atoms with E-state index >= 15 is 0 Å². The van der Waals surface area contributed by atoms with Gasteiger partial charge in [0.2, 0.25) is 5.91 Å². The zero-order valence-electron chi connectivity index (χ0n) is 17.4. The SMILES string of the molecule is C[C@H](NC(=O)CN1C(=O)NC(c2ccccc2)(c2ccccc2)C1=O)c1ccc(Cl)cc1. The molecule has 0 saturated carbocycles. The fourth-order valence-electron chi connectivity index (χ4n) is 3.92. The van der Waals surface area contributed by atoms with Gasteiger partial charge in [-0.15, -0.1) is 0 Å². The van der Waals surface area contributed by atoms with Gasteiger partial charge in [0.25, 0.3) is 5.91 Å². The van der Waals surface area contributed by atoms with Crippen molar-refractivity contribution >= 4 is 29.4 Å². The quantitative estimate of drug-likeness (QED) is 0.560. The Morgan fingerprint density at radius 1 is 0.938 bits per heavy atom. The summed E-state index contributed by atoms with van der Waals surface area (Å²) >= 11 is 5.92. The van der Waals surface area contributed by atoms with E-state index in [0.29, 0.717) is 16.1 Å². The summed E-state index contributed by atoms with van der Waals surface area (Å²) < 4.78 is 0. The van der Waals surface area contributed by atoms with Crippen LogP contribution in [-0.4, -0.2) is 29.3 Å². The van der Waals surface area contributed by atoms with Gasteiger partial charge in [0.15, 0.2) is 5.54 Å². The second kappa shape index (κ2) is 8.85. The zero-order chi connectivity index (χ0) is 22.7. The molecule has 1 aliphatic heterocycles. The number of amides is 4. The fourth-order valence-corrected chi connectivity index (χ4v) is 4.05. The van der Waals surface area contributed by atoms with Crippen LogP contribution in [0.1, 0.15) is 29.7 Å². The largest absolute Gasteiger partial charge is 0.348 e. The van der Waals surface area contributed by atoms with Crippen molar-refractivity contribution in [3.05, 3.63) is 107 Å². The number of carbonyl (C=O) groups excluding carboxylic acids is 3. The third kappa shape index (κ3) is 3.97. The lowest BCUT2D eigenvalue weighted by Gasteiger charge is -2.28. The standard InChI is InChI=1S/C25H22ClN3O3/c1-17(18-12-14-21(26)15-13-18)27-22(30)16-29-23(31)25(28-24(29)32,19-8-4-2-5-9-19)20-10-6-3-7-11-20/h2-15,17H,16H2,1H3,(H,27,30)(H,28,32)/t17-/m0/s1. The Bertz CT molecular complexity index is 1090. The van der Waals surface area contributed by atoms with Gasteiger partial charge in [-0.3, -0.25) is 14.5 Å². The van der Waals surface area contributed by atoms with E-state index in [1.165, 1.54) is 0 Å². The van der Waals surface area contributed by atoms with Crippen molar-refractivity contribution in [2.75, 3.05) is 6.54 Å². The van der Waals surface area contributed by atoms with Crippen LogP contribution in [0.25, 0.3) is 0 Å². The van der Waals surface area contributed by atoms with Crippen LogP contribution in [0.15, 0.2) is 84.9 Å². The molecule has 1 atom stereocenters. The molecule has 162 valence electrons. The summed E-state index contributed by atoms with van der Waals surface area (Å²) in [6.07, 6.45) is 0. The van der Waals surface area contributed by atoms with Gasteiger partial charge in [-0.1, -0.05) is 84.4 Å². The summed E-state index contributed by atoms with van der Waals surface area (Å²) in [4.78, 5) is 40.2. The van der Waals surface area contributed by atoms with Gasteiger partial charge in [0.1, 0.15) is 6.54 Å². The molecule has 7 heteroatoms. The average molecular weight is 448 g/mol. The van der Waals surface area contributed by atoms with Gasteiger partial charge < -0.3 is 10.6 Å². The first-order valence-corrected chi connectivity index (χ1v) is 10.6. The highest BCUT2D eigenvalue weighted by Crippen LogP contribution is 2.35. The van der Waals surface area contributed by atoms with Gasteiger partial charge >= 0.3 is 6.03 Å². The molecule has 0 aromatic heterocycles. The van der Waals surface area contributed by atoms with Gasteiger partial charge in [0.05, 0.1) is 6.04 Å². The Morgan fingerprint density at radius 3 is 2.00 bits per heavy atom. The first-order valence-electron chi connectivity index (χ1n) is 10.2. The number of hydrogen-bond acceptors (Lipinski definition) is 3. The summed E-state index contributed by atoms with van der Waals surface area (Å²) in [5, 5.41) is 6.28. The van der Waals surface area contributed by atoms with Gasteiger partial charge in [0, 0.05) is 5.02 Å². The van der Waals surface area contributed by atoms with Crippen molar-refractivity contribution in [2.45, 2.75) is 18.5 Å². The number of nitrogens with zero attached hydrogens (tertiary/aromatic N) is 1. The molecular weight excluding hydrogens is 426 g/mol. The highest BCUT2D eigenvalue weighted by Gasteiger charge is 2.54.